The molecule has 5 heteroatoms. The van der Waals surface area contributed by atoms with Gasteiger partial charge in [0.1, 0.15) is 0 Å². The molecule has 5 nitrogen and oxygen atoms in total. The highest BCUT2D eigenvalue weighted by Crippen LogP contribution is 2.04. The van der Waals surface area contributed by atoms with Gasteiger partial charge in [-0.05, 0) is 17.7 Å². The number of carbonyl (C=O) groups excluding carboxylic acids is 2. The standard InChI is InChI=1S/C11H14N2O3/c1-8(14)12-7-9-3-5-10(6-4-9)11(15)13-16-2/h3-6H,7H2,1-2H3,(H,12,14)(H,13,15). The lowest BCUT2D eigenvalue weighted by atomic mass is 10.1. The van der Waals surface area contributed by atoms with Crippen LogP contribution in [0.5, 0.6) is 0 Å². The average molecular weight is 222 g/mol. The molecule has 0 aliphatic carbocycles. The van der Waals surface area contributed by atoms with Crippen LogP contribution in [0.1, 0.15) is 22.8 Å². The summed E-state index contributed by atoms with van der Waals surface area (Å²) >= 11 is 0. The number of benzene rings is 1. The molecule has 0 heterocycles. The van der Waals surface area contributed by atoms with Crippen LogP contribution in [-0.2, 0) is 16.2 Å². The molecule has 0 aliphatic heterocycles. The van der Waals surface area contributed by atoms with Gasteiger partial charge in [-0.15, -0.1) is 0 Å². The molecule has 0 spiro atoms. The molecule has 0 bridgehead atoms. The maximum atomic E-state index is 11.3. The number of rotatable bonds is 4. The smallest absolute Gasteiger partial charge is 0.274 e. The summed E-state index contributed by atoms with van der Waals surface area (Å²) in [5, 5.41) is 2.67. The Morgan fingerprint density at radius 1 is 1.25 bits per heavy atom. The highest BCUT2D eigenvalue weighted by atomic mass is 16.6. The molecule has 1 aromatic carbocycles. The van der Waals surface area contributed by atoms with Crippen molar-refractivity contribution < 1.29 is 14.4 Å². The van der Waals surface area contributed by atoms with Crippen LogP contribution in [0.3, 0.4) is 0 Å². The summed E-state index contributed by atoms with van der Waals surface area (Å²) in [6, 6.07) is 6.90. The maximum Gasteiger partial charge on any atom is 0.274 e. The van der Waals surface area contributed by atoms with Crippen LogP contribution in [-0.4, -0.2) is 18.9 Å². The van der Waals surface area contributed by atoms with E-state index in [1.165, 1.54) is 14.0 Å². The second-order valence-corrected chi connectivity index (χ2v) is 3.24. The Kier molecular flexibility index (Phi) is 4.47. The Morgan fingerprint density at radius 2 is 1.88 bits per heavy atom. The average Bonchev–Trinajstić information content (AvgIpc) is 2.27. The molecular formula is C11H14N2O3. The van der Waals surface area contributed by atoms with E-state index in [4.69, 9.17) is 0 Å². The fourth-order valence-electron chi connectivity index (χ4n) is 1.15. The SMILES string of the molecule is CONC(=O)c1ccc(CNC(C)=O)cc1. The summed E-state index contributed by atoms with van der Waals surface area (Å²) in [5.74, 6) is -0.380. The molecule has 2 N–H and O–H groups in total. The molecule has 1 aromatic rings. The molecule has 0 radical (unpaired) electrons. The molecule has 0 aromatic heterocycles. The zero-order chi connectivity index (χ0) is 12.0. The minimum absolute atomic E-state index is 0.0822. The second kappa shape index (κ2) is 5.87. The van der Waals surface area contributed by atoms with Crippen LogP contribution in [0.25, 0.3) is 0 Å². The van der Waals surface area contributed by atoms with E-state index in [0.717, 1.165) is 5.56 Å². The largest absolute Gasteiger partial charge is 0.352 e. The Hall–Kier alpha value is -1.88. The summed E-state index contributed by atoms with van der Waals surface area (Å²) in [5.41, 5.74) is 3.67. The summed E-state index contributed by atoms with van der Waals surface area (Å²) in [6.07, 6.45) is 0. The van der Waals surface area contributed by atoms with Gasteiger partial charge >= 0.3 is 0 Å². The summed E-state index contributed by atoms with van der Waals surface area (Å²) in [7, 11) is 1.38. The van der Waals surface area contributed by atoms with Crippen molar-refractivity contribution in [2.24, 2.45) is 0 Å². The van der Waals surface area contributed by atoms with E-state index in [1.807, 2.05) is 0 Å². The first-order valence-corrected chi connectivity index (χ1v) is 4.80. The fraction of sp³-hybridized carbons (Fsp3) is 0.273. The zero-order valence-electron chi connectivity index (χ0n) is 9.24. The topological polar surface area (TPSA) is 67.4 Å². The quantitative estimate of drug-likeness (QED) is 0.734. The first kappa shape index (κ1) is 12.2. The Balaban J connectivity index is 2.60. The van der Waals surface area contributed by atoms with Gasteiger partial charge in [0.2, 0.25) is 5.91 Å². The van der Waals surface area contributed by atoms with Crippen LogP contribution >= 0.6 is 0 Å². The van der Waals surface area contributed by atoms with E-state index in [-0.39, 0.29) is 11.8 Å². The van der Waals surface area contributed by atoms with Gasteiger partial charge in [0.05, 0.1) is 7.11 Å². The van der Waals surface area contributed by atoms with E-state index in [9.17, 15) is 9.59 Å². The van der Waals surface area contributed by atoms with Gasteiger partial charge in [-0.25, -0.2) is 5.48 Å². The van der Waals surface area contributed by atoms with Crippen LogP contribution in [0.15, 0.2) is 24.3 Å². The van der Waals surface area contributed by atoms with Crippen LogP contribution in [0.2, 0.25) is 0 Å². The summed E-state index contributed by atoms with van der Waals surface area (Å²) in [4.78, 5) is 26.5. The van der Waals surface area contributed by atoms with Crippen molar-refractivity contribution >= 4 is 11.8 Å². The van der Waals surface area contributed by atoms with Crippen molar-refractivity contribution in [2.45, 2.75) is 13.5 Å². The third-order valence-electron chi connectivity index (χ3n) is 1.95. The molecule has 0 saturated carbocycles. The third-order valence-corrected chi connectivity index (χ3v) is 1.95. The van der Waals surface area contributed by atoms with Gasteiger partial charge in [0.25, 0.3) is 5.91 Å². The number of nitrogens with one attached hydrogen (secondary N) is 2. The first-order valence-electron chi connectivity index (χ1n) is 4.80. The van der Waals surface area contributed by atoms with E-state index in [2.05, 4.69) is 15.6 Å². The highest BCUT2D eigenvalue weighted by Gasteiger charge is 2.04. The zero-order valence-corrected chi connectivity index (χ0v) is 9.24. The molecule has 16 heavy (non-hydrogen) atoms. The molecule has 0 saturated heterocycles. The van der Waals surface area contributed by atoms with Crippen molar-refractivity contribution in [3.8, 4) is 0 Å². The molecule has 86 valence electrons. The lowest BCUT2D eigenvalue weighted by Gasteiger charge is -2.04. The van der Waals surface area contributed by atoms with Crippen LogP contribution < -0.4 is 10.8 Å². The molecule has 0 fully saturated rings. The normalized spacial score (nSPS) is 9.62. The Morgan fingerprint density at radius 3 is 2.38 bits per heavy atom. The predicted octanol–water partition coefficient (Wildman–Crippen LogP) is 0.614. The van der Waals surface area contributed by atoms with Gasteiger partial charge in [0.15, 0.2) is 0 Å². The fourth-order valence-corrected chi connectivity index (χ4v) is 1.15. The molecule has 0 atom stereocenters. The third kappa shape index (κ3) is 3.70. The summed E-state index contributed by atoms with van der Waals surface area (Å²) in [6.45, 7) is 1.92. The van der Waals surface area contributed by atoms with Gasteiger partial charge < -0.3 is 5.32 Å². The summed E-state index contributed by atoms with van der Waals surface area (Å²) < 4.78 is 0. The molecular weight excluding hydrogens is 208 g/mol. The van der Waals surface area contributed by atoms with Crippen molar-refractivity contribution in [2.75, 3.05) is 7.11 Å². The lowest BCUT2D eigenvalue weighted by Crippen LogP contribution is -2.22. The van der Waals surface area contributed by atoms with Crippen molar-refractivity contribution in [3.05, 3.63) is 35.4 Å². The van der Waals surface area contributed by atoms with Crippen molar-refractivity contribution in [1.29, 1.82) is 0 Å². The molecule has 2 amide bonds. The molecule has 0 aliphatic rings. The van der Waals surface area contributed by atoms with E-state index in [1.54, 1.807) is 24.3 Å². The monoisotopic (exact) mass is 222 g/mol. The van der Waals surface area contributed by atoms with Gasteiger partial charge in [-0.2, -0.15) is 0 Å². The molecule has 0 unspecified atom stereocenters. The van der Waals surface area contributed by atoms with Crippen molar-refractivity contribution in [3.63, 3.8) is 0 Å². The Bertz CT molecular complexity index is 373. The molecule has 1 rings (SSSR count). The van der Waals surface area contributed by atoms with Gasteiger partial charge in [-0.1, -0.05) is 12.1 Å². The van der Waals surface area contributed by atoms with Crippen LogP contribution in [0.4, 0.5) is 0 Å². The highest BCUT2D eigenvalue weighted by molar-refractivity contribution is 5.93. The van der Waals surface area contributed by atoms with Crippen LogP contribution in [0, 0.1) is 0 Å². The minimum Gasteiger partial charge on any atom is -0.352 e. The first-order chi connectivity index (χ1) is 7.63. The van der Waals surface area contributed by atoms with Crippen molar-refractivity contribution in [1.82, 2.24) is 10.8 Å². The minimum atomic E-state index is -0.298. The number of hydrogen-bond donors (Lipinski definition) is 2. The number of hydroxylamine groups is 1. The van der Waals surface area contributed by atoms with Gasteiger partial charge in [-0.3, -0.25) is 14.4 Å². The second-order valence-electron chi connectivity index (χ2n) is 3.24. The number of carbonyl (C=O) groups is 2. The lowest BCUT2D eigenvalue weighted by molar-refractivity contribution is -0.119. The van der Waals surface area contributed by atoms with Gasteiger partial charge in [0, 0.05) is 19.0 Å². The predicted molar refractivity (Wildman–Crippen MR) is 58.4 cm³/mol. The van der Waals surface area contributed by atoms with E-state index in [0.29, 0.717) is 12.1 Å². The van der Waals surface area contributed by atoms with E-state index < -0.39 is 0 Å². The number of hydrogen-bond acceptors (Lipinski definition) is 3. The van der Waals surface area contributed by atoms with E-state index >= 15 is 0 Å². The number of amides is 2. The maximum absolute atomic E-state index is 11.3. The Labute approximate surface area is 93.7 Å².